The molecule has 3 aromatic carbocycles. The van der Waals surface area contributed by atoms with Crippen LogP contribution in [0.2, 0.25) is 0 Å². The van der Waals surface area contributed by atoms with Crippen LogP contribution in [0.3, 0.4) is 0 Å². The Labute approximate surface area is 238 Å². The number of amides is 2. The van der Waals surface area contributed by atoms with Gasteiger partial charge in [-0.3, -0.25) is 13.9 Å². The second-order valence-corrected chi connectivity index (χ2v) is 12.5. The average molecular weight is 619 g/mol. The lowest BCUT2D eigenvalue weighted by Gasteiger charge is -2.33. The van der Waals surface area contributed by atoms with Crippen LogP contribution in [-0.4, -0.2) is 50.5 Å². The summed E-state index contributed by atoms with van der Waals surface area (Å²) in [4.78, 5) is 28.9. The molecule has 1 atom stereocenters. The van der Waals surface area contributed by atoms with Crippen molar-refractivity contribution in [3.63, 3.8) is 0 Å². The summed E-state index contributed by atoms with van der Waals surface area (Å²) in [7, 11) is -4.04. The van der Waals surface area contributed by atoms with Crippen LogP contribution >= 0.6 is 15.9 Å². The van der Waals surface area contributed by atoms with Gasteiger partial charge in [-0.25, -0.2) is 12.8 Å². The Kier molecular flexibility index (Phi) is 10.7. The molecule has 7 nitrogen and oxygen atoms in total. The van der Waals surface area contributed by atoms with E-state index in [1.165, 1.54) is 23.1 Å². The van der Waals surface area contributed by atoms with Gasteiger partial charge in [0.1, 0.15) is 18.4 Å². The van der Waals surface area contributed by atoms with Crippen LogP contribution < -0.4 is 9.62 Å². The molecule has 1 unspecified atom stereocenters. The first kappa shape index (κ1) is 30.3. The van der Waals surface area contributed by atoms with Crippen LogP contribution in [-0.2, 0) is 32.6 Å². The van der Waals surface area contributed by atoms with E-state index in [9.17, 15) is 22.4 Å². The molecule has 0 saturated heterocycles. The number of benzene rings is 3. The maximum Gasteiger partial charge on any atom is 0.244 e. The van der Waals surface area contributed by atoms with E-state index in [0.717, 1.165) is 32.2 Å². The molecule has 0 aromatic heterocycles. The van der Waals surface area contributed by atoms with Gasteiger partial charge >= 0.3 is 0 Å². The Morgan fingerprint density at radius 3 is 2.21 bits per heavy atom. The molecule has 10 heteroatoms. The van der Waals surface area contributed by atoms with E-state index in [1.807, 2.05) is 68.4 Å². The summed E-state index contributed by atoms with van der Waals surface area (Å²) in [5, 5.41) is 2.93. The number of nitrogens with zero attached hydrogens (tertiary/aromatic N) is 2. The molecule has 0 radical (unpaired) electrons. The summed E-state index contributed by atoms with van der Waals surface area (Å²) in [5.74, 6) is -1.58. The molecule has 1 N–H and O–H groups in total. The highest BCUT2D eigenvalue weighted by molar-refractivity contribution is 9.10. The molecule has 0 fully saturated rings. The first-order valence-electron chi connectivity index (χ1n) is 12.5. The highest BCUT2D eigenvalue weighted by Crippen LogP contribution is 2.23. The molecule has 39 heavy (non-hydrogen) atoms. The minimum absolute atomic E-state index is 0.0414. The Morgan fingerprint density at radius 1 is 0.949 bits per heavy atom. The first-order valence-corrected chi connectivity index (χ1v) is 15.2. The number of rotatable bonds is 12. The van der Waals surface area contributed by atoms with Gasteiger partial charge in [0.15, 0.2) is 0 Å². The van der Waals surface area contributed by atoms with E-state index in [1.54, 1.807) is 0 Å². The summed E-state index contributed by atoms with van der Waals surface area (Å²) in [6, 6.07) is 21.0. The van der Waals surface area contributed by atoms with E-state index in [-0.39, 0.29) is 30.5 Å². The van der Waals surface area contributed by atoms with Gasteiger partial charge in [-0.2, -0.15) is 0 Å². The van der Waals surface area contributed by atoms with Crippen molar-refractivity contribution in [2.24, 2.45) is 5.92 Å². The minimum Gasteiger partial charge on any atom is -0.354 e. The maximum absolute atomic E-state index is 14.7. The van der Waals surface area contributed by atoms with E-state index in [4.69, 9.17) is 0 Å². The smallest absolute Gasteiger partial charge is 0.244 e. The zero-order valence-corrected chi connectivity index (χ0v) is 24.6. The van der Waals surface area contributed by atoms with Gasteiger partial charge in [0.2, 0.25) is 21.8 Å². The average Bonchev–Trinajstić information content (AvgIpc) is 2.88. The second-order valence-electron chi connectivity index (χ2n) is 9.72. The monoisotopic (exact) mass is 617 g/mol. The number of sulfonamides is 1. The van der Waals surface area contributed by atoms with Gasteiger partial charge in [0.05, 0.1) is 11.9 Å². The zero-order chi connectivity index (χ0) is 28.6. The van der Waals surface area contributed by atoms with Crippen molar-refractivity contribution < 1.29 is 22.4 Å². The van der Waals surface area contributed by atoms with Crippen molar-refractivity contribution in [3.8, 4) is 0 Å². The SMILES string of the molecule is CC(C)CNC(=O)C(Cc1ccccc1)N(Cc1cccc(Br)c1)C(=O)CN(c1ccccc1F)S(C)(=O)=O. The van der Waals surface area contributed by atoms with Crippen LogP contribution in [0.1, 0.15) is 25.0 Å². The Morgan fingerprint density at radius 2 is 1.59 bits per heavy atom. The number of nitrogens with one attached hydrogen (secondary N) is 1. The fraction of sp³-hybridized carbons (Fsp3) is 0.310. The molecule has 2 amide bonds. The van der Waals surface area contributed by atoms with Crippen molar-refractivity contribution >= 4 is 43.5 Å². The molecule has 3 rings (SSSR count). The first-order chi connectivity index (χ1) is 18.5. The van der Waals surface area contributed by atoms with Crippen LogP contribution in [0.4, 0.5) is 10.1 Å². The predicted molar refractivity (Wildman–Crippen MR) is 155 cm³/mol. The third kappa shape index (κ3) is 8.90. The number of halogens is 2. The molecule has 208 valence electrons. The number of hydrogen-bond acceptors (Lipinski definition) is 4. The zero-order valence-electron chi connectivity index (χ0n) is 22.2. The van der Waals surface area contributed by atoms with Gasteiger partial charge in [-0.05, 0) is 41.3 Å². The molecular weight excluding hydrogens is 585 g/mol. The Bertz CT molecular complexity index is 1390. The van der Waals surface area contributed by atoms with Gasteiger partial charge in [-0.1, -0.05) is 84.4 Å². The number of para-hydroxylation sites is 1. The fourth-order valence-electron chi connectivity index (χ4n) is 4.06. The summed E-state index contributed by atoms with van der Waals surface area (Å²) < 4.78 is 41.6. The van der Waals surface area contributed by atoms with Crippen LogP contribution in [0.25, 0.3) is 0 Å². The molecule has 0 aliphatic rings. The summed E-state index contributed by atoms with van der Waals surface area (Å²) >= 11 is 3.44. The highest BCUT2D eigenvalue weighted by Gasteiger charge is 2.33. The number of carbonyl (C=O) groups excluding carboxylic acids is 2. The van der Waals surface area contributed by atoms with Gasteiger partial charge in [-0.15, -0.1) is 0 Å². The van der Waals surface area contributed by atoms with Crippen molar-refractivity contribution in [1.82, 2.24) is 10.2 Å². The van der Waals surface area contributed by atoms with E-state index in [0.29, 0.717) is 6.54 Å². The van der Waals surface area contributed by atoms with E-state index in [2.05, 4.69) is 21.2 Å². The lowest BCUT2D eigenvalue weighted by Crippen LogP contribution is -2.53. The number of carbonyl (C=O) groups is 2. The standard InChI is InChI=1S/C29H33BrFN3O4S/c1-21(2)18-32-29(36)27(17-22-10-5-4-6-11-22)33(19-23-12-9-13-24(30)16-23)28(35)20-34(39(3,37)38)26-15-8-7-14-25(26)31/h4-16,21,27H,17-20H2,1-3H3,(H,32,36). The Hall–Kier alpha value is -3.24. The van der Waals surface area contributed by atoms with Gasteiger partial charge in [0.25, 0.3) is 0 Å². The molecule has 0 aliphatic carbocycles. The third-order valence-electron chi connectivity index (χ3n) is 6.00. The van der Waals surface area contributed by atoms with Gasteiger partial charge < -0.3 is 10.2 Å². The lowest BCUT2D eigenvalue weighted by atomic mass is 10.0. The number of anilines is 1. The van der Waals surface area contributed by atoms with Crippen LogP contribution in [0, 0.1) is 11.7 Å². The molecule has 0 spiro atoms. The third-order valence-corrected chi connectivity index (χ3v) is 7.62. The van der Waals surface area contributed by atoms with Crippen molar-refractivity contribution in [2.45, 2.75) is 32.9 Å². The van der Waals surface area contributed by atoms with Crippen LogP contribution in [0.5, 0.6) is 0 Å². The maximum atomic E-state index is 14.7. The molecule has 0 saturated carbocycles. The second kappa shape index (κ2) is 13.7. The van der Waals surface area contributed by atoms with Crippen molar-refractivity contribution in [3.05, 3.63) is 100 Å². The quantitative estimate of drug-likeness (QED) is 0.317. The molecule has 0 bridgehead atoms. The number of hydrogen-bond donors (Lipinski definition) is 1. The largest absolute Gasteiger partial charge is 0.354 e. The Balaban J connectivity index is 2.05. The van der Waals surface area contributed by atoms with Crippen LogP contribution in [0.15, 0.2) is 83.3 Å². The van der Waals surface area contributed by atoms with E-state index >= 15 is 0 Å². The van der Waals surface area contributed by atoms with Crippen molar-refractivity contribution in [1.29, 1.82) is 0 Å². The lowest BCUT2D eigenvalue weighted by molar-refractivity contribution is -0.140. The minimum atomic E-state index is -4.04. The highest BCUT2D eigenvalue weighted by atomic mass is 79.9. The van der Waals surface area contributed by atoms with E-state index < -0.39 is 34.3 Å². The predicted octanol–water partition coefficient (Wildman–Crippen LogP) is 4.77. The normalized spacial score (nSPS) is 12.2. The summed E-state index contributed by atoms with van der Waals surface area (Å²) in [6.45, 7) is 3.72. The van der Waals surface area contributed by atoms with Crippen molar-refractivity contribution in [2.75, 3.05) is 23.7 Å². The molecular formula is C29H33BrFN3O4S. The molecule has 3 aromatic rings. The topological polar surface area (TPSA) is 86.8 Å². The summed E-state index contributed by atoms with van der Waals surface area (Å²) in [5.41, 5.74) is 1.34. The molecule has 0 heterocycles. The van der Waals surface area contributed by atoms with Gasteiger partial charge in [0, 0.05) is 24.0 Å². The molecule has 0 aliphatic heterocycles. The summed E-state index contributed by atoms with van der Waals surface area (Å²) in [6.07, 6.45) is 1.13. The fourth-order valence-corrected chi connectivity index (χ4v) is 5.35.